The van der Waals surface area contributed by atoms with Crippen molar-refractivity contribution in [2.24, 2.45) is 0 Å². The largest absolute Gasteiger partial charge is 0.464 e. The summed E-state index contributed by atoms with van der Waals surface area (Å²) >= 11 is 0. The normalized spacial score (nSPS) is 12.8. The summed E-state index contributed by atoms with van der Waals surface area (Å²) in [5.41, 5.74) is 0. The van der Waals surface area contributed by atoms with E-state index in [1.54, 1.807) is 0 Å². The topological polar surface area (TPSA) is 111 Å². The summed E-state index contributed by atoms with van der Waals surface area (Å²) in [5, 5.41) is 5.79. The molecular weight excluding hydrogens is 841 g/mol. The van der Waals surface area contributed by atoms with E-state index in [9.17, 15) is 19.2 Å². The number of amides is 2. The molecule has 0 aromatic rings. The van der Waals surface area contributed by atoms with Crippen molar-refractivity contribution in [2.45, 2.75) is 231 Å². The van der Waals surface area contributed by atoms with E-state index in [4.69, 9.17) is 9.47 Å². The molecule has 0 aliphatic rings. The van der Waals surface area contributed by atoms with E-state index in [2.05, 4.69) is 24.5 Å². The molecule has 2 N–H and O–H groups in total. The van der Waals surface area contributed by atoms with E-state index in [1.807, 2.05) is 42.3 Å². The van der Waals surface area contributed by atoms with Crippen LogP contribution in [0, 0.1) is 0 Å². The first-order valence-electron chi connectivity index (χ1n) is 26.5. The number of nitrogens with zero attached hydrogens (tertiary/aromatic N) is 2. The predicted octanol–water partition coefficient (Wildman–Crippen LogP) is 12.4. The molecule has 0 heterocycles. The van der Waals surface area contributed by atoms with Crippen molar-refractivity contribution in [3.05, 3.63) is 0 Å². The van der Waals surface area contributed by atoms with Crippen molar-refractivity contribution in [2.75, 3.05) is 80.1 Å². The first kappa shape index (κ1) is 62.5. The van der Waals surface area contributed by atoms with Gasteiger partial charge in [-0.15, -0.1) is 0 Å². The summed E-state index contributed by atoms with van der Waals surface area (Å²) in [4.78, 5) is 52.3. The number of hydrogen-bond acceptors (Lipinski definition) is 8. The first-order valence-corrected chi connectivity index (χ1v) is 28.9. The average Bonchev–Trinajstić information content (AvgIpc) is 3.22. The zero-order valence-electron chi connectivity index (χ0n) is 43.2. The predicted molar refractivity (Wildman–Crippen MR) is 276 cm³/mol. The molecule has 0 bridgehead atoms. The Bertz CT molecular complexity index is 1050. The zero-order chi connectivity index (χ0) is 47.6. The number of ether oxygens (including phenoxy) is 2. The Hall–Kier alpha value is -1.50. The molecule has 10 nitrogen and oxygen atoms in total. The van der Waals surface area contributed by atoms with Gasteiger partial charge in [0.25, 0.3) is 11.8 Å². The second kappa shape index (κ2) is 42.8. The van der Waals surface area contributed by atoms with Crippen LogP contribution in [-0.2, 0) is 28.7 Å². The summed E-state index contributed by atoms with van der Waals surface area (Å²) in [5.74, 6) is -0.751. The fourth-order valence-electron chi connectivity index (χ4n) is 7.76. The number of esters is 2. The van der Waals surface area contributed by atoms with Gasteiger partial charge in [-0.1, -0.05) is 228 Å². The number of carbonyl (C=O) groups is 4. The van der Waals surface area contributed by atoms with Crippen LogP contribution in [0.25, 0.3) is 0 Å². The Morgan fingerprint density at radius 2 is 0.594 bits per heavy atom. The maximum atomic E-state index is 13.3. The van der Waals surface area contributed by atoms with Crippen LogP contribution in [0.5, 0.6) is 0 Å². The first-order chi connectivity index (χ1) is 30.7. The summed E-state index contributed by atoms with van der Waals surface area (Å²) in [6.45, 7) is 5.67. The third kappa shape index (κ3) is 44.3. The molecule has 0 aliphatic heterocycles. The third-order valence-corrected chi connectivity index (χ3v) is 13.9. The summed E-state index contributed by atoms with van der Waals surface area (Å²) < 4.78 is 12.2. The molecule has 378 valence electrons. The van der Waals surface area contributed by atoms with Crippen LogP contribution in [0.4, 0.5) is 0 Å². The van der Waals surface area contributed by atoms with Crippen LogP contribution in [0.15, 0.2) is 0 Å². The van der Waals surface area contributed by atoms with Crippen molar-refractivity contribution in [1.82, 2.24) is 10.6 Å². The molecule has 2 atom stereocenters. The lowest BCUT2D eigenvalue weighted by molar-refractivity contribution is -0.862. The van der Waals surface area contributed by atoms with Gasteiger partial charge in [0.05, 0.1) is 55.5 Å². The lowest BCUT2D eigenvalue weighted by Crippen LogP contribution is -2.51. The molecule has 0 fully saturated rings. The summed E-state index contributed by atoms with van der Waals surface area (Å²) in [7, 11) is 14.4. The Morgan fingerprint density at radius 1 is 0.375 bits per heavy atom. The van der Waals surface area contributed by atoms with Gasteiger partial charge in [-0.25, -0.2) is 9.59 Å². The summed E-state index contributed by atoms with van der Waals surface area (Å²) in [6, 6.07) is -1.63. The van der Waals surface area contributed by atoms with Crippen LogP contribution < -0.4 is 10.6 Å². The summed E-state index contributed by atoms with van der Waals surface area (Å²) in [6.07, 6.45) is 41.0. The maximum Gasteiger partial charge on any atom is 0.329 e. The number of rotatable bonds is 47. The second-order valence-electron chi connectivity index (χ2n) is 20.6. The van der Waals surface area contributed by atoms with Gasteiger partial charge in [0.15, 0.2) is 13.1 Å². The van der Waals surface area contributed by atoms with Crippen molar-refractivity contribution >= 4 is 45.3 Å². The lowest BCUT2D eigenvalue weighted by Gasteiger charge is -2.25. The van der Waals surface area contributed by atoms with E-state index in [-0.39, 0.29) is 36.4 Å². The maximum absolute atomic E-state index is 13.3. The number of carbonyl (C=O) groups excluding carboxylic acids is 4. The highest BCUT2D eigenvalue weighted by molar-refractivity contribution is 8.76. The molecule has 0 spiro atoms. The average molecular weight is 946 g/mol. The SMILES string of the molecule is CCCCCCCCCCCCCCCCCCOC(=O)C(CSSCC(NC(=O)C[N+](C)(C)C)C(=O)OCCCCCCCCCCCCCCCCCC)NC(=O)C[N+](C)(C)C. The van der Waals surface area contributed by atoms with Gasteiger partial charge in [0.2, 0.25) is 0 Å². The van der Waals surface area contributed by atoms with Crippen LogP contribution in [0.3, 0.4) is 0 Å². The number of unbranched alkanes of at least 4 members (excludes halogenated alkanes) is 30. The van der Waals surface area contributed by atoms with Crippen molar-refractivity contribution in [3.8, 4) is 0 Å². The minimum Gasteiger partial charge on any atom is -0.464 e. The molecule has 12 heteroatoms. The number of quaternary nitrogens is 2. The monoisotopic (exact) mass is 945 g/mol. The van der Waals surface area contributed by atoms with Crippen LogP contribution >= 0.6 is 21.6 Å². The Morgan fingerprint density at radius 3 is 0.812 bits per heavy atom. The highest BCUT2D eigenvalue weighted by Gasteiger charge is 2.28. The molecule has 2 amide bonds. The van der Waals surface area contributed by atoms with E-state index in [0.29, 0.717) is 22.2 Å². The minimum absolute atomic E-state index is 0.217. The van der Waals surface area contributed by atoms with Gasteiger partial charge in [-0.3, -0.25) is 9.59 Å². The van der Waals surface area contributed by atoms with Crippen molar-refractivity contribution in [3.63, 3.8) is 0 Å². The highest BCUT2D eigenvalue weighted by Crippen LogP contribution is 2.24. The molecule has 2 unspecified atom stereocenters. The van der Waals surface area contributed by atoms with E-state index in [0.717, 1.165) is 38.5 Å². The number of nitrogens with one attached hydrogen (secondary N) is 2. The zero-order valence-corrected chi connectivity index (χ0v) is 44.8. The van der Waals surface area contributed by atoms with Gasteiger partial charge >= 0.3 is 11.9 Å². The number of likely N-dealkylation sites (N-methyl/N-ethyl adjacent to an activating group) is 2. The molecule has 0 rings (SSSR count). The molecule has 0 aliphatic carbocycles. The van der Waals surface area contributed by atoms with Crippen LogP contribution in [0.1, 0.15) is 219 Å². The Balaban J connectivity index is 4.65. The Kier molecular flexibility index (Phi) is 41.8. The fourth-order valence-corrected chi connectivity index (χ4v) is 10.1. The van der Waals surface area contributed by atoms with Gasteiger partial charge in [0.1, 0.15) is 12.1 Å². The molecule has 0 aromatic carbocycles. The van der Waals surface area contributed by atoms with Gasteiger partial charge in [-0.2, -0.15) is 0 Å². The molecule has 0 saturated carbocycles. The smallest absolute Gasteiger partial charge is 0.329 e. The molecular formula is C52H104N4O6S2+2. The van der Waals surface area contributed by atoms with Crippen LogP contribution in [0.2, 0.25) is 0 Å². The van der Waals surface area contributed by atoms with E-state index in [1.165, 1.54) is 189 Å². The standard InChI is InChI=1S/C52H102N4O6S2/c1-9-11-13-15-17-19-21-23-25-27-29-31-33-35-37-39-41-61-51(59)47(53-49(57)43-55(3,4)5)45-63-64-46-48(54-50(58)44-56(6,7)8)52(60)62-42-40-38-36-34-32-30-28-26-24-22-20-18-16-14-12-10-2/h47-48H,9-46H2,1-8H3/p+2. The molecule has 0 radical (unpaired) electrons. The van der Waals surface area contributed by atoms with Crippen molar-refractivity contribution in [1.29, 1.82) is 0 Å². The molecule has 0 saturated heterocycles. The molecule has 64 heavy (non-hydrogen) atoms. The van der Waals surface area contributed by atoms with Gasteiger partial charge in [0, 0.05) is 11.5 Å². The lowest BCUT2D eigenvalue weighted by atomic mass is 10.0. The second-order valence-corrected chi connectivity index (χ2v) is 23.2. The van der Waals surface area contributed by atoms with E-state index < -0.39 is 24.0 Å². The quantitative estimate of drug-likeness (QED) is 0.0269. The fraction of sp³-hybridized carbons (Fsp3) is 0.923. The van der Waals surface area contributed by atoms with Gasteiger partial charge < -0.3 is 29.1 Å². The minimum atomic E-state index is -0.814. The van der Waals surface area contributed by atoms with Crippen molar-refractivity contribution < 1.29 is 37.6 Å². The molecule has 0 aromatic heterocycles. The van der Waals surface area contributed by atoms with Gasteiger partial charge in [-0.05, 0) is 12.8 Å². The highest BCUT2D eigenvalue weighted by atomic mass is 33.1. The third-order valence-electron chi connectivity index (χ3n) is 11.5. The van der Waals surface area contributed by atoms with Crippen LogP contribution in [-0.4, -0.2) is 125 Å². The number of hydrogen-bond donors (Lipinski definition) is 2. The Labute approximate surface area is 403 Å². The van der Waals surface area contributed by atoms with E-state index >= 15 is 0 Å².